The minimum absolute atomic E-state index is 0.354. The monoisotopic (exact) mass is 288 g/mol. The lowest BCUT2D eigenvalue weighted by Gasteiger charge is -2.16. The Bertz CT molecular complexity index is 789. The summed E-state index contributed by atoms with van der Waals surface area (Å²) in [6.45, 7) is 0. The Morgan fingerprint density at radius 2 is 1.71 bits per heavy atom. The summed E-state index contributed by atoms with van der Waals surface area (Å²) in [5.74, 6) is -2.97. The molecule has 0 radical (unpaired) electrons. The van der Waals surface area contributed by atoms with Gasteiger partial charge in [0.05, 0.1) is 6.04 Å². The summed E-state index contributed by atoms with van der Waals surface area (Å²) in [6, 6.07) is 7.27. The maximum atomic E-state index is 13.9. The standard InChI is InChI=1S/C16H11F3N2/c17-10-6-13(18)15(14(19)7-10)16(20)11-3-1-2-9-4-5-21-8-12(9)11/h1-8,16H,20H2. The lowest BCUT2D eigenvalue weighted by atomic mass is 9.94. The van der Waals surface area contributed by atoms with Crippen molar-refractivity contribution in [1.82, 2.24) is 4.98 Å². The molecule has 1 unspecified atom stereocenters. The van der Waals surface area contributed by atoms with Gasteiger partial charge in [0, 0.05) is 35.5 Å². The predicted molar refractivity (Wildman–Crippen MR) is 74.1 cm³/mol. The van der Waals surface area contributed by atoms with Gasteiger partial charge in [-0.15, -0.1) is 0 Å². The first-order valence-electron chi connectivity index (χ1n) is 6.30. The van der Waals surface area contributed by atoms with Crippen LogP contribution in [0.15, 0.2) is 48.8 Å². The Hall–Kier alpha value is -2.40. The minimum Gasteiger partial charge on any atom is -0.320 e. The van der Waals surface area contributed by atoms with Crippen molar-refractivity contribution in [2.45, 2.75) is 6.04 Å². The van der Waals surface area contributed by atoms with Gasteiger partial charge in [-0.05, 0) is 17.0 Å². The van der Waals surface area contributed by atoms with Gasteiger partial charge in [0.15, 0.2) is 0 Å². The molecule has 1 atom stereocenters. The van der Waals surface area contributed by atoms with Gasteiger partial charge in [0.2, 0.25) is 0 Å². The Labute approximate surface area is 119 Å². The molecule has 21 heavy (non-hydrogen) atoms. The zero-order chi connectivity index (χ0) is 15.0. The molecule has 0 aliphatic carbocycles. The van der Waals surface area contributed by atoms with E-state index in [1.807, 2.05) is 6.07 Å². The first-order chi connectivity index (χ1) is 10.1. The van der Waals surface area contributed by atoms with E-state index in [0.717, 1.165) is 5.39 Å². The van der Waals surface area contributed by atoms with Crippen molar-refractivity contribution in [2.75, 3.05) is 0 Å². The van der Waals surface area contributed by atoms with Gasteiger partial charge in [-0.2, -0.15) is 0 Å². The van der Waals surface area contributed by atoms with Crippen molar-refractivity contribution in [2.24, 2.45) is 5.73 Å². The zero-order valence-electron chi connectivity index (χ0n) is 10.9. The fraction of sp³-hybridized carbons (Fsp3) is 0.0625. The van der Waals surface area contributed by atoms with Crippen LogP contribution in [0.1, 0.15) is 17.2 Å². The summed E-state index contributed by atoms with van der Waals surface area (Å²) >= 11 is 0. The van der Waals surface area contributed by atoms with Gasteiger partial charge >= 0.3 is 0 Å². The smallest absolute Gasteiger partial charge is 0.134 e. The van der Waals surface area contributed by atoms with E-state index in [9.17, 15) is 13.2 Å². The molecule has 1 heterocycles. The van der Waals surface area contributed by atoms with Crippen molar-refractivity contribution < 1.29 is 13.2 Å². The van der Waals surface area contributed by atoms with E-state index >= 15 is 0 Å². The number of halogens is 3. The summed E-state index contributed by atoms with van der Waals surface area (Å²) in [4.78, 5) is 4.01. The number of pyridine rings is 1. The lowest BCUT2D eigenvalue weighted by Crippen LogP contribution is -2.16. The highest BCUT2D eigenvalue weighted by molar-refractivity contribution is 5.85. The lowest BCUT2D eigenvalue weighted by molar-refractivity contribution is 0.515. The van der Waals surface area contributed by atoms with Crippen molar-refractivity contribution in [3.63, 3.8) is 0 Å². The number of rotatable bonds is 2. The van der Waals surface area contributed by atoms with E-state index in [0.29, 0.717) is 23.1 Å². The molecule has 0 aliphatic rings. The van der Waals surface area contributed by atoms with Gasteiger partial charge in [-0.1, -0.05) is 18.2 Å². The Morgan fingerprint density at radius 1 is 1.00 bits per heavy atom. The third-order valence-corrected chi connectivity index (χ3v) is 3.41. The third-order valence-electron chi connectivity index (χ3n) is 3.41. The summed E-state index contributed by atoms with van der Waals surface area (Å²) in [5, 5.41) is 1.57. The largest absolute Gasteiger partial charge is 0.320 e. The van der Waals surface area contributed by atoms with Crippen LogP contribution < -0.4 is 5.73 Å². The van der Waals surface area contributed by atoms with Crippen LogP contribution in [0, 0.1) is 17.5 Å². The minimum atomic E-state index is -1.04. The van der Waals surface area contributed by atoms with E-state index in [2.05, 4.69) is 4.98 Å². The molecular formula is C16H11F3N2. The molecule has 2 N–H and O–H groups in total. The molecule has 1 aromatic heterocycles. The number of nitrogens with zero attached hydrogens (tertiary/aromatic N) is 1. The number of aromatic nitrogens is 1. The highest BCUT2D eigenvalue weighted by atomic mass is 19.1. The molecule has 0 saturated carbocycles. The molecule has 2 aromatic carbocycles. The van der Waals surface area contributed by atoms with Crippen LogP contribution in [-0.4, -0.2) is 4.98 Å². The molecule has 3 aromatic rings. The van der Waals surface area contributed by atoms with Crippen molar-refractivity contribution in [1.29, 1.82) is 0 Å². The molecule has 3 rings (SSSR count). The van der Waals surface area contributed by atoms with Crippen LogP contribution in [0.25, 0.3) is 10.8 Å². The number of nitrogens with two attached hydrogens (primary N) is 1. The maximum absolute atomic E-state index is 13.9. The fourth-order valence-electron chi connectivity index (χ4n) is 2.41. The molecule has 0 saturated heterocycles. The highest BCUT2D eigenvalue weighted by Gasteiger charge is 2.21. The van der Waals surface area contributed by atoms with Crippen LogP contribution in [0.5, 0.6) is 0 Å². The second-order valence-electron chi connectivity index (χ2n) is 4.70. The molecule has 0 aliphatic heterocycles. The van der Waals surface area contributed by atoms with Gasteiger partial charge in [0.1, 0.15) is 17.5 Å². The Morgan fingerprint density at radius 3 is 2.43 bits per heavy atom. The van der Waals surface area contributed by atoms with Crippen LogP contribution in [0.4, 0.5) is 13.2 Å². The quantitative estimate of drug-likeness (QED) is 0.781. The first-order valence-corrected chi connectivity index (χ1v) is 6.30. The van der Waals surface area contributed by atoms with E-state index in [1.54, 1.807) is 30.6 Å². The number of hydrogen-bond donors (Lipinski definition) is 1. The molecular weight excluding hydrogens is 277 g/mol. The van der Waals surface area contributed by atoms with Crippen molar-refractivity contribution in [3.05, 3.63) is 77.4 Å². The molecule has 0 bridgehead atoms. The zero-order valence-corrected chi connectivity index (χ0v) is 10.9. The molecule has 0 amide bonds. The van der Waals surface area contributed by atoms with Crippen molar-refractivity contribution >= 4 is 10.8 Å². The first kappa shape index (κ1) is 13.6. The van der Waals surface area contributed by atoms with Crippen molar-refractivity contribution in [3.8, 4) is 0 Å². The summed E-state index contributed by atoms with van der Waals surface area (Å²) in [7, 11) is 0. The average Bonchev–Trinajstić information content (AvgIpc) is 2.45. The van der Waals surface area contributed by atoms with Gasteiger partial charge in [-0.3, -0.25) is 4.98 Å². The number of hydrogen-bond acceptors (Lipinski definition) is 2. The predicted octanol–water partition coefficient (Wildman–Crippen LogP) is 3.70. The van der Waals surface area contributed by atoms with Gasteiger partial charge in [0.25, 0.3) is 0 Å². The highest BCUT2D eigenvalue weighted by Crippen LogP contribution is 2.30. The van der Waals surface area contributed by atoms with Gasteiger partial charge < -0.3 is 5.73 Å². The van der Waals surface area contributed by atoms with E-state index in [4.69, 9.17) is 5.73 Å². The van der Waals surface area contributed by atoms with Crippen LogP contribution in [0.3, 0.4) is 0 Å². The van der Waals surface area contributed by atoms with E-state index in [-0.39, 0.29) is 5.56 Å². The second kappa shape index (κ2) is 5.18. The molecule has 5 heteroatoms. The molecule has 0 fully saturated rings. The summed E-state index contributed by atoms with van der Waals surface area (Å²) in [5.41, 5.74) is 6.18. The summed E-state index contributed by atoms with van der Waals surface area (Å²) in [6.07, 6.45) is 3.21. The number of fused-ring (bicyclic) bond motifs is 1. The maximum Gasteiger partial charge on any atom is 0.134 e. The normalized spacial score (nSPS) is 12.6. The fourth-order valence-corrected chi connectivity index (χ4v) is 2.41. The van der Waals surface area contributed by atoms with E-state index < -0.39 is 23.5 Å². The second-order valence-corrected chi connectivity index (χ2v) is 4.70. The molecule has 106 valence electrons. The number of benzene rings is 2. The Kier molecular flexibility index (Phi) is 3.35. The Balaban J connectivity index is 2.20. The van der Waals surface area contributed by atoms with Crippen LogP contribution >= 0.6 is 0 Å². The van der Waals surface area contributed by atoms with E-state index in [1.165, 1.54) is 0 Å². The topological polar surface area (TPSA) is 38.9 Å². The average molecular weight is 288 g/mol. The molecule has 0 spiro atoms. The van der Waals surface area contributed by atoms with Gasteiger partial charge in [-0.25, -0.2) is 13.2 Å². The summed E-state index contributed by atoms with van der Waals surface area (Å²) < 4.78 is 40.7. The van der Waals surface area contributed by atoms with Crippen LogP contribution in [0.2, 0.25) is 0 Å². The SMILES string of the molecule is NC(c1c(F)cc(F)cc1F)c1cccc2ccncc12. The molecule has 2 nitrogen and oxygen atoms in total. The van der Waals surface area contributed by atoms with Crippen LogP contribution in [-0.2, 0) is 0 Å². The third kappa shape index (κ3) is 2.36.